The van der Waals surface area contributed by atoms with E-state index in [2.05, 4.69) is 12.2 Å². The van der Waals surface area contributed by atoms with Crippen LogP contribution in [0.25, 0.3) is 0 Å². The molecule has 8 heteroatoms. The van der Waals surface area contributed by atoms with Crippen molar-refractivity contribution in [1.82, 2.24) is 5.32 Å². The number of carbonyl (C=O) groups excluding carboxylic acids is 3. The maximum atomic E-state index is 12.5. The number of unbranched alkanes of at least 4 members (excludes halogenated alkanes) is 3. The molecule has 1 rings (SSSR count). The number of hydrogen-bond donors (Lipinski definition) is 4. The summed E-state index contributed by atoms with van der Waals surface area (Å²) in [4.78, 5) is 48.1. The lowest BCUT2D eigenvalue weighted by Gasteiger charge is -2.18. The molecule has 0 saturated heterocycles. The van der Waals surface area contributed by atoms with E-state index in [9.17, 15) is 34.5 Å². The first-order valence-corrected chi connectivity index (χ1v) is 12.7. The summed E-state index contributed by atoms with van der Waals surface area (Å²) in [5.41, 5.74) is 0. The molecule has 1 saturated carbocycles. The molecule has 194 valence electrons. The SMILES string of the molecule is CCCCC[C@@H](O)C=C[C@H]1[C@H](O)CC(=O)[C@@H]1CC(=O)CCCCC(=O)N[C@@H](CC(C)C)C(=O)O. The predicted octanol–water partition coefficient (Wildman–Crippen LogP) is 3.19. The van der Waals surface area contributed by atoms with Crippen LogP contribution in [-0.4, -0.2) is 57.0 Å². The zero-order valence-electron chi connectivity index (χ0n) is 20.9. The second-order valence-corrected chi connectivity index (χ2v) is 9.91. The molecule has 0 bridgehead atoms. The summed E-state index contributed by atoms with van der Waals surface area (Å²) in [5.74, 6) is -2.57. The molecule has 0 spiro atoms. The maximum Gasteiger partial charge on any atom is 0.326 e. The average Bonchev–Trinajstić information content (AvgIpc) is 3.01. The van der Waals surface area contributed by atoms with E-state index in [0.29, 0.717) is 25.7 Å². The molecular weight excluding hydrogens is 438 g/mol. The molecule has 1 aliphatic carbocycles. The number of amides is 1. The van der Waals surface area contributed by atoms with Gasteiger partial charge < -0.3 is 20.6 Å². The van der Waals surface area contributed by atoms with Crippen LogP contribution in [0.4, 0.5) is 0 Å². The fourth-order valence-electron chi connectivity index (χ4n) is 4.36. The van der Waals surface area contributed by atoms with Crippen molar-refractivity contribution in [3.05, 3.63) is 12.2 Å². The van der Waals surface area contributed by atoms with Gasteiger partial charge in [-0.05, 0) is 31.6 Å². The molecule has 0 aromatic rings. The summed E-state index contributed by atoms with van der Waals surface area (Å²) in [6, 6.07) is -0.913. The van der Waals surface area contributed by atoms with Crippen LogP contribution in [0.3, 0.4) is 0 Å². The number of ketones is 2. The van der Waals surface area contributed by atoms with Gasteiger partial charge in [-0.25, -0.2) is 4.79 Å². The normalized spacial score (nSPS) is 22.3. The monoisotopic (exact) mass is 481 g/mol. The Morgan fingerprint density at radius 3 is 2.41 bits per heavy atom. The summed E-state index contributed by atoms with van der Waals surface area (Å²) in [5, 5.41) is 32.1. The predicted molar refractivity (Wildman–Crippen MR) is 129 cm³/mol. The van der Waals surface area contributed by atoms with E-state index in [0.717, 1.165) is 19.3 Å². The molecule has 0 unspecified atom stereocenters. The van der Waals surface area contributed by atoms with Crippen molar-refractivity contribution in [2.75, 3.05) is 0 Å². The Morgan fingerprint density at radius 2 is 1.79 bits per heavy atom. The number of carboxylic acids is 1. The van der Waals surface area contributed by atoms with Crippen LogP contribution >= 0.6 is 0 Å². The Bertz CT molecular complexity index is 703. The fourth-order valence-corrected chi connectivity index (χ4v) is 4.36. The lowest BCUT2D eigenvalue weighted by Crippen LogP contribution is -2.41. The summed E-state index contributed by atoms with van der Waals surface area (Å²) in [7, 11) is 0. The van der Waals surface area contributed by atoms with Crippen LogP contribution in [0.1, 0.15) is 91.4 Å². The van der Waals surface area contributed by atoms with Gasteiger partial charge in [-0.15, -0.1) is 0 Å². The molecule has 8 nitrogen and oxygen atoms in total. The van der Waals surface area contributed by atoms with E-state index in [1.54, 1.807) is 12.2 Å². The first kappa shape index (κ1) is 30.0. The van der Waals surface area contributed by atoms with E-state index >= 15 is 0 Å². The van der Waals surface area contributed by atoms with Gasteiger partial charge in [0.1, 0.15) is 17.6 Å². The van der Waals surface area contributed by atoms with Gasteiger partial charge in [0, 0.05) is 37.5 Å². The summed E-state index contributed by atoms with van der Waals surface area (Å²) in [6.45, 7) is 5.86. The quantitative estimate of drug-likeness (QED) is 0.185. The smallest absolute Gasteiger partial charge is 0.326 e. The first-order chi connectivity index (χ1) is 16.0. The number of carbonyl (C=O) groups is 4. The minimum Gasteiger partial charge on any atom is -0.480 e. The first-order valence-electron chi connectivity index (χ1n) is 12.7. The minimum atomic E-state index is -1.06. The zero-order chi connectivity index (χ0) is 25.7. The molecule has 5 atom stereocenters. The van der Waals surface area contributed by atoms with Crippen molar-refractivity contribution in [3.63, 3.8) is 0 Å². The van der Waals surface area contributed by atoms with Gasteiger partial charge in [0.15, 0.2) is 0 Å². The largest absolute Gasteiger partial charge is 0.480 e. The van der Waals surface area contributed by atoms with E-state index in [1.165, 1.54) is 0 Å². The Labute approximate surface area is 203 Å². The molecule has 34 heavy (non-hydrogen) atoms. The molecule has 1 amide bonds. The van der Waals surface area contributed by atoms with Crippen LogP contribution in [0.15, 0.2) is 12.2 Å². The van der Waals surface area contributed by atoms with E-state index in [1.807, 2.05) is 13.8 Å². The Balaban J connectivity index is 2.45. The van der Waals surface area contributed by atoms with E-state index in [4.69, 9.17) is 0 Å². The summed E-state index contributed by atoms with van der Waals surface area (Å²) in [6.07, 6.45) is 7.14. The lowest BCUT2D eigenvalue weighted by atomic mass is 9.88. The highest BCUT2D eigenvalue weighted by molar-refractivity contribution is 5.90. The molecule has 0 heterocycles. The Morgan fingerprint density at radius 1 is 1.12 bits per heavy atom. The van der Waals surface area contributed by atoms with Gasteiger partial charge in [0.25, 0.3) is 0 Å². The third-order valence-corrected chi connectivity index (χ3v) is 6.29. The topological polar surface area (TPSA) is 141 Å². The van der Waals surface area contributed by atoms with Crippen molar-refractivity contribution >= 4 is 23.4 Å². The zero-order valence-corrected chi connectivity index (χ0v) is 20.9. The van der Waals surface area contributed by atoms with Gasteiger partial charge in [-0.2, -0.15) is 0 Å². The standard InChI is InChI=1S/C26H43NO7/c1-4-5-6-9-18(28)12-13-20-21(24(31)16-23(20)30)15-19(29)10-7-8-11-25(32)27-22(26(33)34)14-17(2)3/h12-13,17-18,20-23,28,30H,4-11,14-16H2,1-3H3,(H,27,32)(H,33,34)/t18-,20-,21-,22+,23-/m1/s1. The molecule has 1 aliphatic rings. The third-order valence-electron chi connectivity index (χ3n) is 6.29. The molecule has 0 aromatic heterocycles. The van der Waals surface area contributed by atoms with Crippen molar-refractivity contribution in [2.24, 2.45) is 17.8 Å². The molecule has 0 aliphatic heterocycles. The highest BCUT2D eigenvalue weighted by Crippen LogP contribution is 2.33. The highest BCUT2D eigenvalue weighted by Gasteiger charge is 2.40. The van der Waals surface area contributed by atoms with Crippen LogP contribution in [-0.2, 0) is 19.2 Å². The Kier molecular flexibility index (Phi) is 13.9. The van der Waals surface area contributed by atoms with E-state index in [-0.39, 0.29) is 49.1 Å². The van der Waals surface area contributed by atoms with Crippen molar-refractivity contribution in [2.45, 2.75) is 110 Å². The number of hydrogen-bond acceptors (Lipinski definition) is 6. The fraction of sp³-hybridized carbons (Fsp3) is 0.769. The van der Waals surface area contributed by atoms with Gasteiger partial charge >= 0.3 is 5.97 Å². The Hall–Kier alpha value is -2.06. The maximum absolute atomic E-state index is 12.5. The molecule has 4 N–H and O–H groups in total. The molecule has 0 aromatic carbocycles. The van der Waals surface area contributed by atoms with Crippen LogP contribution in [0.2, 0.25) is 0 Å². The van der Waals surface area contributed by atoms with Crippen LogP contribution in [0.5, 0.6) is 0 Å². The number of nitrogens with one attached hydrogen (secondary N) is 1. The molecule has 0 radical (unpaired) electrons. The number of aliphatic hydroxyl groups excluding tert-OH is 2. The number of aliphatic hydroxyl groups is 2. The van der Waals surface area contributed by atoms with E-state index < -0.39 is 36.1 Å². The summed E-state index contributed by atoms with van der Waals surface area (Å²) < 4.78 is 0. The van der Waals surface area contributed by atoms with Gasteiger partial charge in [0.05, 0.1) is 12.2 Å². The second kappa shape index (κ2) is 15.8. The number of aliphatic carboxylic acids is 1. The van der Waals surface area contributed by atoms with Crippen LogP contribution < -0.4 is 5.32 Å². The minimum absolute atomic E-state index is 0.0141. The number of Topliss-reactive ketones (excluding diaryl/α,β-unsaturated/α-hetero) is 2. The molecular formula is C26H43NO7. The van der Waals surface area contributed by atoms with Crippen molar-refractivity contribution in [1.29, 1.82) is 0 Å². The third kappa shape index (κ3) is 11.4. The number of rotatable bonds is 17. The second-order valence-electron chi connectivity index (χ2n) is 9.91. The highest BCUT2D eigenvalue weighted by atomic mass is 16.4. The van der Waals surface area contributed by atoms with Gasteiger partial charge in [-0.1, -0.05) is 52.2 Å². The lowest BCUT2D eigenvalue weighted by molar-refractivity contribution is -0.142. The van der Waals surface area contributed by atoms with Crippen molar-refractivity contribution in [3.8, 4) is 0 Å². The molecule has 1 fully saturated rings. The van der Waals surface area contributed by atoms with Gasteiger partial charge in [-0.3, -0.25) is 14.4 Å². The average molecular weight is 482 g/mol. The van der Waals surface area contributed by atoms with Crippen molar-refractivity contribution < 1.29 is 34.5 Å². The van der Waals surface area contributed by atoms with Crippen LogP contribution in [0, 0.1) is 17.8 Å². The summed E-state index contributed by atoms with van der Waals surface area (Å²) >= 11 is 0. The number of carboxylic acid groups (broad SMARTS) is 1. The van der Waals surface area contributed by atoms with Gasteiger partial charge in [0.2, 0.25) is 5.91 Å².